The molecule has 4 aromatic carbocycles. The first-order chi connectivity index (χ1) is 16.1. The predicted molar refractivity (Wildman–Crippen MR) is 126 cm³/mol. The van der Waals surface area contributed by atoms with Crippen molar-refractivity contribution < 1.29 is 18.7 Å². The molecule has 4 aromatic rings. The zero-order valence-electron chi connectivity index (χ0n) is 18.0. The van der Waals surface area contributed by atoms with E-state index in [-0.39, 0.29) is 5.56 Å². The highest BCUT2D eigenvalue weighted by Crippen LogP contribution is 2.23. The van der Waals surface area contributed by atoms with Crippen LogP contribution in [-0.4, -0.2) is 13.1 Å². The Labute approximate surface area is 192 Å². The maximum atomic E-state index is 14.0. The summed E-state index contributed by atoms with van der Waals surface area (Å²) < 4.78 is 24.4. The fourth-order valence-corrected chi connectivity index (χ4v) is 3.24. The molecule has 0 aliphatic heterocycles. The van der Waals surface area contributed by atoms with Gasteiger partial charge in [-0.25, -0.2) is 9.18 Å². The Balaban J connectivity index is 1.40. The third kappa shape index (κ3) is 5.66. The second-order valence-electron chi connectivity index (χ2n) is 7.31. The quantitative estimate of drug-likeness (QED) is 0.274. The van der Waals surface area contributed by atoms with Gasteiger partial charge >= 0.3 is 5.97 Å². The fraction of sp³-hybridized carbons (Fsp3) is 0.0690. The van der Waals surface area contributed by atoms with Gasteiger partial charge < -0.3 is 9.47 Å². The maximum Gasteiger partial charge on any atom is 0.340 e. The van der Waals surface area contributed by atoms with E-state index in [1.165, 1.54) is 19.2 Å². The normalized spacial score (nSPS) is 10.1. The Kier molecular flexibility index (Phi) is 6.82. The summed E-state index contributed by atoms with van der Waals surface area (Å²) in [7, 11) is 1.22. The number of hydrogen-bond acceptors (Lipinski definition) is 3. The SMILES string of the molecule is COC(=O)c1ccc(C#Cc2ccc(-c3ccc(OCc4ccccc4)cc3)cc2)cc1F. The molecule has 0 amide bonds. The summed E-state index contributed by atoms with van der Waals surface area (Å²) >= 11 is 0. The first-order valence-electron chi connectivity index (χ1n) is 10.4. The molecule has 0 radical (unpaired) electrons. The van der Waals surface area contributed by atoms with E-state index < -0.39 is 11.8 Å². The molecule has 0 N–H and O–H groups in total. The van der Waals surface area contributed by atoms with Crippen LogP contribution in [0.2, 0.25) is 0 Å². The standard InChI is InChI=1S/C29H21FO3/c1-32-29(31)27-18-11-22(19-28(27)30)8-7-21-9-12-24(13-10-21)25-14-16-26(17-15-25)33-20-23-5-3-2-4-6-23/h2-6,9-19H,20H2,1H3. The van der Waals surface area contributed by atoms with Crippen LogP contribution in [0.3, 0.4) is 0 Å². The lowest BCUT2D eigenvalue weighted by molar-refractivity contribution is 0.0595. The number of carbonyl (C=O) groups excluding carboxylic acids is 1. The monoisotopic (exact) mass is 436 g/mol. The molecule has 0 heterocycles. The van der Waals surface area contributed by atoms with Gasteiger partial charge in [0.05, 0.1) is 12.7 Å². The molecule has 0 fully saturated rings. The van der Waals surface area contributed by atoms with E-state index in [1.54, 1.807) is 6.07 Å². The van der Waals surface area contributed by atoms with E-state index in [9.17, 15) is 9.18 Å². The van der Waals surface area contributed by atoms with Crippen LogP contribution in [0.4, 0.5) is 4.39 Å². The van der Waals surface area contributed by atoms with Gasteiger partial charge in [0.15, 0.2) is 0 Å². The molecular weight excluding hydrogens is 415 g/mol. The summed E-state index contributed by atoms with van der Waals surface area (Å²) in [6.45, 7) is 0.531. The van der Waals surface area contributed by atoms with Crippen molar-refractivity contribution in [2.24, 2.45) is 0 Å². The average Bonchev–Trinajstić information content (AvgIpc) is 2.87. The highest BCUT2D eigenvalue weighted by Gasteiger charge is 2.11. The Morgan fingerprint density at radius 3 is 2.03 bits per heavy atom. The second kappa shape index (κ2) is 10.3. The van der Waals surface area contributed by atoms with Gasteiger partial charge in [-0.05, 0) is 59.2 Å². The Morgan fingerprint density at radius 2 is 1.39 bits per heavy atom. The Morgan fingerprint density at radius 1 is 0.788 bits per heavy atom. The zero-order chi connectivity index (χ0) is 23.0. The smallest absolute Gasteiger partial charge is 0.340 e. The average molecular weight is 436 g/mol. The van der Waals surface area contributed by atoms with Gasteiger partial charge in [0.25, 0.3) is 0 Å². The van der Waals surface area contributed by atoms with Crippen LogP contribution < -0.4 is 4.74 Å². The Bertz CT molecular complexity index is 1300. The molecule has 0 aliphatic carbocycles. The number of carbonyl (C=O) groups is 1. The van der Waals surface area contributed by atoms with E-state index in [0.29, 0.717) is 12.2 Å². The van der Waals surface area contributed by atoms with Crippen molar-refractivity contribution in [1.29, 1.82) is 0 Å². The lowest BCUT2D eigenvalue weighted by Crippen LogP contribution is -2.04. The molecule has 0 saturated heterocycles. The molecule has 0 saturated carbocycles. The zero-order valence-corrected chi connectivity index (χ0v) is 18.0. The van der Waals surface area contributed by atoms with Crippen molar-refractivity contribution in [1.82, 2.24) is 0 Å². The summed E-state index contributed by atoms with van der Waals surface area (Å²) in [6, 6.07) is 30.0. The fourth-order valence-electron chi connectivity index (χ4n) is 3.24. The number of ether oxygens (including phenoxy) is 2. The van der Waals surface area contributed by atoms with Gasteiger partial charge in [-0.3, -0.25) is 0 Å². The molecule has 0 atom stereocenters. The largest absolute Gasteiger partial charge is 0.489 e. The molecule has 33 heavy (non-hydrogen) atoms. The van der Waals surface area contributed by atoms with Crippen LogP contribution in [-0.2, 0) is 11.3 Å². The van der Waals surface area contributed by atoms with E-state index in [0.717, 1.165) is 28.0 Å². The molecule has 0 aromatic heterocycles. The van der Waals surface area contributed by atoms with Crippen LogP contribution in [0.15, 0.2) is 97.1 Å². The van der Waals surface area contributed by atoms with Crippen LogP contribution in [0, 0.1) is 17.7 Å². The van der Waals surface area contributed by atoms with Crippen LogP contribution in [0.25, 0.3) is 11.1 Å². The van der Waals surface area contributed by atoms with E-state index >= 15 is 0 Å². The van der Waals surface area contributed by atoms with Crippen molar-refractivity contribution in [2.75, 3.05) is 7.11 Å². The molecule has 4 heteroatoms. The first kappa shape index (κ1) is 21.9. The topological polar surface area (TPSA) is 35.5 Å². The highest BCUT2D eigenvalue weighted by molar-refractivity contribution is 5.89. The van der Waals surface area contributed by atoms with Gasteiger partial charge in [-0.15, -0.1) is 0 Å². The summed E-state index contributed by atoms with van der Waals surface area (Å²) in [5.74, 6) is 5.39. The predicted octanol–water partition coefficient (Wildman–Crippen LogP) is 6.26. The number of esters is 1. The van der Waals surface area contributed by atoms with Crippen molar-refractivity contribution in [3.63, 3.8) is 0 Å². The van der Waals surface area contributed by atoms with Gasteiger partial charge in [0.2, 0.25) is 0 Å². The van der Waals surface area contributed by atoms with Gasteiger partial charge in [0.1, 0.15) is 18.2 Å². The molecule has 3 nitrogen and oxygen atoms in total. The third-order valence-corrected chi connectivity index (χ3v) is 5.05. The molecule has 4 rings (SSSR count). The van der Waals surface area contributed by atoms with Crippen molar-refractivity contribution in [2.45, 2.75) is 6.61 Å². The first-order valence-corrected chi connectivity index (χ1v) is 10.4. The summed E-state index contributed by atoms with van der Waals surface area (Å²) in [6.07, 6.45) is 0. The van der Waals surface area contributed by atoms with Gasteiger partial charge in [0, 0.05) is 11.1 Å². The number of benzene rings is 4. The van der Waals surface area contributed by atoms with Crippen LogP contribution >= 0.6 is 0 Å². The minimum Gasteiger partial charge on any atom is -0.489 e. The third-order valence-electron chi connectivity index (χ3n) is 5.05. The molecule has 0 unspecified atom stereocenters. The summed E-state index contributed by atoms with van der Waals surface area (Å²) in [5, 5.41) is 0. The number of halogens is 1. The summed E-state index contributed by atoms with van der Waals surface area (Å²) in [4.78, 5) is 11.5. The minimum absolute atomic E-state index is 0.108. The van der Waals surface area contributed by atoms with E-state index in [4.69, 9.17) is 4.74 Å². The molecule has 0 bridgehead atoms. The lowest BCUT2D eigenvalue weighted by atomic mass is 10.0. The van der Waals surface area contributed by atoms with Crippen molar-refractivity contribution in [3.8, 4) is 28.7 Å². The van der Waals surface area contributed by atoms with E-state index in [2.05, 4.69) is 16.6 Å². The van der Waals surface area contributed by atoms with E-state index in [1.807, 2.05) is 78.9 Å². The molecule has 0 aliphatic rings. The second-order valence-corrected chi connectivity index (χ2v) is 7.31. The van der Waals surface area contributed by atoms with Gasteiger partial charge in [-0.2, -0.15) is 0 Å². The molecule has 0 spiro atoms. The van der Waals surface area contributed by atoms with Crippen LogP contribution in [0.5, 0.6) is 5.75 Å². The number of hydrogen-bond donors (Lipinski definition) is 0. The maximum absolute atomic E-state index is 14.0. The van der Waals surface area contributed by atoms with Gasteiger partial charge in [-0.1, -0.05) is 66.4 Å². The van der Waals surface area contributed by atoms with Crippen molar-refractivity contribution in [3.05, 3.63) is 125 Å². The molecule has 162 valence electrons. The minimum atomic E-state index is -0.710. The lowest BCUT2D eigenvalue weighted by Gasteiger charge is -2.08. The molecular formula is C29H21FO3. The van der Waals surface area contributed by atoms with Crippen LogP contribution in [0.1, 0.15) is 27.0 Å². The summed E-state index contributed by atoms with van der Waals surface area (Å²) in [5.41, 5.74) is 4.43. The number of methoxy groups -OCH3 is 1. The number of rotatable bonds is 5. The van der Waals surface area contributed by atoms with Crippen molar-refractivity contribution >= 4 is 5.97 Å². The highest BCUT2D eigenvalue weighted by atomic mass is 19.1. The Hall–Kier alpha value is -4.36.